The Balaban J connectivity index is 1.40. The van der Waals surface area contributed by atoms with Gasteiger partial charge in [0.25, 0.3) is 5.91 Å². The predicted octanol–water partition coefficient (Wildman–Crippen LogP) is 4.89. The number of carbonyl (C=O) groups excluding carboxylic acids is 2. The van der Waals surface area contributed by atoms with Gasteiger partial charge in [0.1, 0.15) is 11.4 Å². The number of para-hydroxylation sites is 1. The smallest absolute Gasteiger partial charge is 0.275 e. The average Bonchev–Trinajstić information content (AvgIpc) is 3.34. The quantitative estimate of drug-likeness (QED) is 0.515. The number of phenols is 1. The van der Waals surface area contributed by atoms with Crippen molar-refractivity contribution in [2.45, 2.75) is 31.6 Å². The molecule has 1 aromatic heterocycles. The lowest BCUT2D eigenvalue weighted by Gasteiger charge is -2.31. The molecule has 4 rings (SSSR count). The molecule has 0 saturated carbocycles. The van der Waals surface area contributed by atoms with Gasteiger partial charge < -0.3 is 15.3 Å². The third-order valence-corrected chi connectivity index (χ3v) is 6.80. The van der Waals surface area contributed by atoms with Crippen LogP contribution in [-0.4, -0.2) is 39.9 Å². The van der Waals surface area contributed by atoms with Gasteiger partial charge in [-0.1, -0.05) is 30.3 Å². The summed E-state index contributed by atoms with van der Waals surface area (Å²) in [4.78, 5) is 31.6. The number of amides is 2. The SMILES string of the molecule is C#CCCC(=O)N1CCC(c2nc(C(=O)Nc3ccccc3-c3ccc(O)cc3)cs2)CC1. The Morgan fingerprint density at radius 2 is 1.88 bits per heavy atom. The van der Waals surface area contributed by atoms with E-state index >= 15 is 0 Å². The van der Waals surface area contributed by atoms with E-state index in [4.69, 9.17) is 6.42 Å². The van der Waals surface area contributed by atoms with Crippen molar-refractivity contribution in [2.24, 2.45) is 0 Å². The number of anilines is 1. The molecule has 2 heterocycles. The lowest BCUT2D eigenvalue weighted by atomic mass is 9.97. The number of likely N-dealkylation sites (tertiary alicyclic amines) is 1. The summed E-state index contributed by atoms with van der Waals surface area (Å²) in [5, 5.41) is 15.2. The predicted molar refractivity (Wildman–Crippen MR) is 130 cm³/mol. The molecule has 1 aliphatic heterocycles. The molecule has 0 spiro atoms. The maximum atomic E-state index is 12.9. The first-order chi connectivity index (χ1) is 16.0. The highest BCUT2D eigenvalue weighted by molar-refractivity contribution is 7.10. The van der Waals surface area contributed by atoms with Crippen LogP contribution in [0.15, 0.2) is 53.9 Å². The second kappa shape index (κ2) is 10.3. The Labute approximate surface area is 197 Å². The van der Waals surface area contributed by atoms with E-state index in [9.17, 15) is 14.7 Å². The number of nitrogens with one attached hydrogen (secondary N) is 1. The van der Waals surface area contributed by atoms with Gasteiger partial charge in [-0.25, -0.2) is 4.98 Å². The lowest BCUT2D eigenvalue weighted by Crippen LogP contribution is -2.37. The summed E-state index contributed by atoms with van der Waals surface area (Å²) in [6.07, 6.45) is 7.79. The van der Waals surface area contributed by atoms with Gasteiger partial charge in [0.15, 0.2) is 0 Å². The highest BCUT2D eigenvalue weighted by atomic mass is 32.1. The van der Waals surface area contributed by atoms with Crippen LogP contribution in [0.5, 0.6) is 5.75 Å². The Bertz CT molecular complexity index is 1170. The number of piperidine rings is 1. The second-order valence-corrected chi connectivity index (χ2v) is 8.87. The summed E-state index contributed by atoms with van der Waals surface area (Å²) in [6.45, 7) is 1.38. The summed E-state index contributed by atoms with van der Waals surface area (Å²) in [5.74, 6) is 2.80. The van der Waals surface area contributed by atoms with Crippen LogP contribution in [0.3, 0.4) is 0 Å². The summed E-state index contributed by atoms with van der Waals surface area (Å²) in [7, 11) is 0. The van der Waals surface area contributed by atoms with Gasteiger partial charge >= 0.3 is 0 Å². The van der Waals surface area contributed by atoms with Gasteiger partial charge in [-0.15, -0.1) is 23.7 Å². The second-order valence-electron chi connectivity index (χ2n) is 7.98. The average molecular weight is 460 g/mol. The monoisotopic (exact) mass is 459 g/mol. The highest BCUT2D eigenvalue weighted by Crippen LogP contribution is 2.32. The molecule has 2 aromatic carbocycles. The standard InChI is InChI=1S/C26H25N3O3S/c1-2-3-8-24(31)29-15-13-19(14-16-29)26-28-23(17-33-26)25(32)27-22-7-5-4-6-21(22)18-9-11-20(30)12-10-18/h1,4-7,9-12,17,19,30H,3,8,13-16H2,(H,27,32). The summed E-state index contributed by atoms with van der Waals surface area (Å²) in [6, 6.07) is 14.4. The molecule has 168 valence electrons. The summed E-state index contributed by atoms with van der Waals surface area (Å²) >= 11 is 1.49. The maximum absolute atomic E-state index is 12.9. The molecule has 6 nitrogen and oxygen atoms in total. The molecule has 33 heavy (non-hydrogen) atoms. The van der Waals surface area contributed by atoms with Crippen molar-refractivity contribution in [3.8, 4) is 29.2 Å². The number of thiazole rings is 1. The van der Waals surface area contributed by atoms with E-state index in [-0.39, 0.29) is 23.5 Å². The van der Waals surface area contributed by atoms with E-state index in [1.165, 1.54) is 11.3 Å². The van der Waals surface area contributed by atoms with Crippen molar-refractivity contribution < 1.29 is 14.7 Å². The van der Waals surface area contributed by atoms with Gasteiger partial charge in [0.2, 0.25) is 5.91 Å². The van der Waals surface area contributed by atoms with E-state index in [0.29, 0.717) is 37.3 Å². The van der Waals surface area contributed by atoms with E-state index in [1.54, 1.807) is 17.5 Å². The lowest BCUT2D eigenvalue weighted by molar-refractivity contribution is -0.132. The first-order valence-corrected chi connectivity index (χ1v) is 11.8. The number of benzene rings is 2. The van der Waals surface area contributed by atoms with Crippen LogP contribution in [-0.2, 0) is 4.79 Å². The molecule has 0 unspecified atom stereocenters. The van der Waals surface area contributed by atoms with Crippen LogP contribution in [0, 0.1) is 12.3 Å². The molecule has 2 N–H and O–H groups in total. The fraction of sp³-hybridized carbons (Fsp3) is 0.269. The molecular weight excluding hydrogens is 434 g/mol. The van der Waals surface area contributed by atoms with Gasteiger partial charge in [0.05, 0.1) is 5.01 Å². The van der Waals surface area contributed by atoms with Crippen molar-refractivity contribution in [3.63, 3.8) is 0 Å². The van der Waals surface area contributed by atoms with E-state index in [2.05, 4.69) is 16.2 Å². The van der Waals surface area contributed by atoms with Crippen molar-refractivity contribution >= 4 is 28.8 Å². The number of nitrogens with zero attached hydrogens (tertiary/aromatic N) is 2. The molecule has 1 saturated heterocycles. The highest BCUT2D eigenvalue weighted by Gasteiger charge is 2.26. The zero-order chi connectivity index (χ0) is 23.2. The normalized spacial score (nSPS) is 14.0. The van der Waals surface area contributed by atoms with Gasteiger partial charge in [-0.3, -0.25) is 9.59 Å². The molecule has 0 radical (unpaired) electrons. The number of hydrogen-bond acceptors (Lipinski definition) is 5. The van der Waals surface area contributed by atoms with Crippen molar-refractivity contribution in [1.29, 1.82) is 0 Å². The van der Waals surface area contributed by atoms with Crippen LogP contribution in [0.2, 0.25) is 0 Å². The fourth-order valence-corrected chi connectivity index (χ4v) is 4.93. The number of rotatable bonds is 6. The molecule has 2 amide bonds. The number of carbonyl (C=O) groups is 2. The van der Waals surface area contributed by atoms with Crippen LogP contribution in [0.25, 0.3) is 11.1 Å². The Kier molecular flexibility index (Phi) is 7.06. The molecule has 0 aliphatic carbocycles. The Morgan fingerprint density at radius 1 is 1.15 bits per heavy atom. The molecule has 7 heteroatoms. The van der Waals surface area contributed by atoms with Crippen molar-refractivity contribution in [3.05, 3.63) is 64.6 Å². The molecule has 1 fully saturated rings. The molecule has 0 atom stereocenters. The maximum Gasteiger partial charge on any atom is 0.275 e. The van der Waals surface area contributed by atoms with Gasteiger partial charge in [-0.2, -0.15) is 0 Å². The summed E-state index contributed by atoms with van der Waals surface area (Å²) in [5.41, 5.74) is 2.83. The van der Waals surface area contributed by atoms with Gasteiger partial charge in [-0.05, 0) is 36.6 Å². The number of aromatic hydroxyl groups is 1. The van der Waals surface area contributed by atoms with Crippen LogP contribution < -0.4 is 5.32 Å². The number of terminal acetylenes is 1. The van der Waals surface area contributed by atoms with Crippen molar-refractivity contribution in [2.75, 3.05) is 18.4 Å². The minimum atomic E-state index is -0.259. The van der Waals surface area contributed by atoms with E-state index < -0.39 is 0 Å². The molecule has 0 bridgehead atoms. The number of phenolic OH excluding ortho intramolecular Hbond substituents is 1. The fourth-order valence-electron chi connectivity index (χ4n) is 3.96. The Hall–Kier alpha value is -3.63. The largest absolute Gasteiger partial charge is 0.508 e. The zero-order valence-corrected chi connectivity index (χ0v) is 19.0. The van der Waals surface area contributed by atoms with Crippen LogP contribution in [0.1, 0.15) is 47.1 Å². The topological polar surface area (TPSA) is 82.5 Å². The van der Waals surface area contributed by atoms with Crippen LogP contribution >= 0.6 is 11.3 Å². The third-order valence-electron chi connectivity index (χ3n) is 5.79. The Morgan fingerprint density at radius 3 is 2.61 bits per heavy atom. The van der Waals surface area contributed by atoms with Crippen LogP contribution in [0.4, 0.5) is 5.69 Å². The zero-order valence-electron chi connectivity index (χ0n) is 18.2. The molecule has 3 aromatic rings. The van der Waals surface area contributed by atoms with E-state index in [1.807, 2.05) is 41.3 Å². The first-order valence-electron chi connectivity index (χ1n) is 10.9. The van der Waals surface area contributed by atoms with Crippen molar-refractivity contribution in [1.82, 2.24) is 9.88 Å². The minimum Gasteiger partial charge on any atom is -0.508 e. The number of hydrogen-bond donors (Lipinski definition) is 2. The first kappa shape index (κ1) is 22.6. The van der Waals surface area contributed by atoms with Gasteiger partial charge in [0, 0.05) is 48.5 Å². The van der Waals surface area contributed by atoms with E-state index in [0.717, 1.165) is 29.0 Å². The summed E-state index contributed by atoms with van der Waals surface area (Å²) < 4.78 is 0. The molecule has 1 aliphatic rings. The molecular formula is C26H25N3O3S. The minimum absolute atomic E-state index is 0.109. The number of aromatic nitrogens is 1. The third kappa shape index (κ3) is 5.41.